The van der Waals surface area contributed by atoms with Crippen LogP contribution in [0, 0.1) is 18.7 Å². The van der Waals surface area contributed by atoms with E-state index in [1.807, 2.05) is 11.9 Å². The Kier molecular flexibility index (Phi) is 4.79. The van der Waals surface area contributed by atoms with Gasteiger partial charge in [-0.15, -0.1) is 0 Å². The summed E-state index contributed by atoms with van der Waals surface area (Å²) in [5.41, 5.74) is 1.33. The Labute approximate surface area is 121 Å². The van der Waals surface area contributed by atoms with Gasteiger partial charge in [-0.3, -0.25) is 4.79 Å². The molecule has 1 fully saturated rings. The Balaban J connectivity index is 2.05. The van der Waals surface area contributed by atoms with E-state index in [0.717, 1.165) is 18.8 Å². The van der Waals surface area contributed by atoms with E-state index in [9.17, 15) is 9.18 Å². The second-order valence-electron chi connectivity index (χ2n) is 5.96. The maximum absolute atomic E-state index is 13.1. The van der Waals surface area contributed by atoms with Crippen molar-refractivity contribution >= 4 is 5.91 Å². The first-order valence-electron chi connectivity index (χ1n) is 7.56. The summed E-state index contributed by atoms with van der Waals surface area (Å²) in [4.78, 5) is 14.4. The highest BCUT2D eigenvalue weighted by Gasteiger charge is 2.26. The van der Waals surface area contributed by atoms with Gasteiger partial charge in [-0.05, 0) is 62.3 Å². The molecule has 0 heterocycles. The van der Waals surface area contributed by atoms with Crippen LogP contribution in [0.3, 0.4) is 0 Å². The van der Waals surface area contributed by atoms with Crippen LogP contribution in [0.25, 0.3) is 0 Å². The van der Waals surface area contributed by atoms with Crippen LogP contribution in [-0.4, -0.2) is 23.9 Å². The fourth-order valence-corrected chi connectivity index (χ4v) is 3.16. The minimum absolute atomic E-state index is 0.0162. The molecule has 0 atom stereocenters. The Bertz CT molecular complexity index is 478. The lowest BCUT2D eigenvalue weighted by molar-refractivity contribution is 0.0674. The number of carbonyl (C=O) groups excluding carboxylic acids is 1. The molecule has 1 aromatic rings. The zero-order chi connectivity index (χ0) is 14.7. The fourth-order valence-electron chi connectivity index (χ4n) is 3.16. The van der Waals surface area contributed by atoms with Crippen molar-refractivity contribution in [3.05, 3.63) is 35.1 Å². The summed E-state index contributed by atoms with van der Waals surface area (Å²) >= 11 is 0. The van der Waals surface area contributed by atoms with Gasteiger partial charge in [0.05, 0.1) is 0 Å². The van der Waals surface area contributed by atoms with Crippen molar-refractivity contribution in [2.75, 3.05) is 7.05 Å². The highest BCUT2D eigenvalue weighted by atomic mass is 19.1. The third-order valence-electron chi connectivity index (χ3n) is 4.68. The number of amides is 1. The van der Waals surface area contributed by atoms with Gasteiger partial charge in [-0.2, -0.15) is 0 Å². The van der Waals surface area contributed by atoms with Crippen LogP contribution in [0.2, 0.25) is 0 Å². The summed E-state index contributed by atoms with van der Waals surface area (Å²) in [6.07, 6.45) is 5.83. The third kappa shape index (κ3) is 3.20. The number of benzene rings is 1. The number of aryl methyl sites for hydroxylation is 1. The molecule has 0 saturated heterocycles. The van der Waals surface area contributed by atoms with E-state index in [-0.39, 0.29) is 11.7 Å². The summed E-state index contributed by atoms with van der Waals surface area (Å²) in [5, 5.41) is 0. The molecule has 0 radical (unpaired) electrons. The maximum Gasteiger partial charge on any atom is 0.254 e. The van der Waals surface area contributed by atoms with Gasteiger partial charge in [0.15, 0.2) is 0 Å². The first-order chi connectivity index (χ1) is 9.52. The number of nitrogens with zero attached hydrogens (tertiary/aromatic N) is 1. The molecule has 1 amide bonds. The topological polar surface area (TPSA) is 20.3 Å². The van der Waals surface area contributed by atoms with Gasteiger partial charge in [0.25, 0.3) is 5.91 Å². The number of hydrogen-bond donors (Lipinski definition) is 0. The van der Waals surface area contributed by atoms with Crippen molar-refractivity contribution in [1.29, 1.82) is 0 Å². The van der Waals surface area contributed by atoms with Crippen LogP contribution in [0.4, 0.5) is 4.39 Å². The van der Waals surface area contributed by atoms with E-state index in [4.69, 9.17) is 0 Å². The average Bonchev–Trinajstić information content (AvgIpc) is 2.46. The lowest BCUT2D eigenvalue weighted by Gasteiger charge is -2.34. The summed E-state index contributed by atoms with van der Waals surface area (Å²) in [6, 6.07) is 4.72. The van der Waals surface area contributed by atoms with Crippen molar-refractivity contribution in [3.63, 3.8) is 0 Å². The van der Waals surface area contributed by atoms with Crippen molar-refractivity contribution in [2.24, 2.45) is 5.92 Å². The van der Waals surface area contributed by atoms with Gasteiger partial charge in [0.2, 0.25) is 0 Å². The van der Waals surface area contributed by atoms with E-state index < -0.39 is 0 Å². The van der Waals surface area contributed by atoms with Crippen molar-refractivity contribution in [1.82, 2.24) is 4.90 Å². The Hall–Kier alpha value is -1.38. The first kappa shape index (κ1) is 15.0. The van der Waals surface area contributed by atoms with Crippen molar-refractivity contribution < 1.29 is 9.18 Å². The molecule has 0 unspecified atom stereocenters. The number of halogens is 1. The van der Waals surface area contributed by atoms with Crippen molar-refractivity contribution in [2.45, 2.75) is 52.0 Å². The van der Waals surface area contributed by atoms with E-state index in [1.54, 1.807) is 13.0 Å². The maximum atomic E-state index is 13.1. The molecule has 1 aliphatic carbocycles. The highest BCUT2D eigenvalue weighted by molar-refractivity contribution is 5.95. The quantitative estimate of drug-likeness (QED) is 0.812. The summed E-state index contributed by atoms with van der Waals surface area (Å²) < 4.78 is 13.1. The molecule has 0 bridgehead atoms. The van der Waals surface area contributed by atoms with E-state index in [1.165, 1.54) is 31.4 Å². The monoisotopic (exact) mass is 277 g/mol. The molecule has 1 aliphatic rings. The predicted molar refractivity (Wildman–Crippen MR) is 79.3 cm³/mol. The van der Waals surface area contributed by atoms with Crippen LogP contribution in [-0.2, 0) is 0 Å². The van der Waals surface area contributed by atoms with Gasteiger partial charge in [0.1, 0.15) is 5.82 Å². The zero-order valence-corrected chi connectivity index (χ0v) is 12.7. The predicted octanol–water partition coefficient (Wildman–Crippen LogP) is 4.17. The molecule has 0 aliphatic heterocycles. The van der Waals surface area contributed by atoms with Gasteiger partial charge >= 0.3 is 0 Å². The minimum atomic E-state index is -0.287. The van der Waals surface area contributed by atoms with E-state index in [2.05, 4.69) is 6.92 Å². The van der Waals surface area contributed by atoms with Crippen LogP contribution in [0.15, 0.2) is 18.2 Å². The molecule has 0 aromatic heterocycles. The molecular formula is C17H24FNO. The zero-order valence-electron chi connectivity index (χ0n) is 12.7. The molecular weight excluding hydrogens is 253 g/mol. The van der Waals surface area contributed by atoms with Crippen LogP contribution >= 0.6 is 0 Å². The Morgan fingerprint density at radius 2 is 1.95 bits per heavy atom. The number of hydrogen-bond acceptors (Lipinski definition) is 1. The number of rotatable bonds is 3. The summed E-state index contributed by atoms with van der Waals surface area (Å²) in [5.74, 6) is 0.551. The molecule has 2 nitrogen and oxygen atoms in total. The molecule has 2 rings (SSSR count). The molecule has 110 valence electrons. The molecule has 20 heavy (non-hydrogen) atoms. The molecule has 1 aromatic carbocycles. The van der Waals surface area contributed by atoms with Crippen LogP contribution < -0.4 is 0 Å². The third-order valence-corrected chi connectivity index (χ3v) is 4.68. The second-order valence-corrected chi connectivity index (χ2v) is 5.96. The lowest BCUT2D eigenvalue weighted by Crippen LogP contribution is -2.39. The van der Waals surface area contributed by atoms with E-state index >= 15 is 0 Å². The number of carbonyl (C=O) groups is 1. The fraction of sp³-hybridized carbons (Fsp3) is 0.588. The second kappa shape index (κ2) is 6.38. The Morgan fingerprint density at radius 1 is 1.30 bits per heavy atom. The van der Waals surface area contributed by atoms with Crippen molar-refractivity contribution in [3.8, 4) is 0 Å². The van der Waals surface area contributed by atoms with Gasteiger partial charge in [0, 0.05) is 18.7 Å². The molecule has 0 spiro atoms. The van der Waals surface area contributed by atoms with Crippen LogP contribution in [0.1, 0.15) is 54.9 Å². The smallest absolute Gasteiger partial charge is 0.254 e. The molecule has 1 saturated carbocycles. The summed E-state index contributed by atoms with van der Waals surface area (Å²) in [6.45, 7) is 4.03. The van der Waals surface area contributed by atoms with Gasteiger partial charge < -0.3 is 4.90 Å². The summed E-state index contributed by atoms with van der Waals surface area (Å²) in [7, 11) is 1.88. The molecule has 0 N–H and O–H groups in total. The van der Waals surface area contributed by atoms with Gasteiger partial charge in [-0.1, -0.05) is 13.3 Å². The van der Waals surface area contributed by atoms with Crippen LogP contribution in [0.5, 0.6) is 0 Å². The van der Waals surface area contributed by atoms with E-state index in [0.29, 0.717) is 17.2 Å². The minimum Gasteiger partial charge on any atom is -0.339 e. The molecule has 3 heteroatoms. The SMILES string of the molecule is CCC1CCC(N(C)C(=O)c2ccc(F)cc2C)CC1. The largest absolute Gasteiger partial charge is 0.339 e. The Morgan fingerprint density at radius 3 is 2.50 bits per heavy atom. The van der Waals surface area contributed by atoms with Gasteiger partial charge in [-0.25, -0.2) is 4.39 Å². The lowest BCUT2D eigenvalue weighted by atomic mass is 9.84. The average molecular weight is 277 g/mol. The highest BCUT2D eigenvalue weighted by Crippen LogP contribution is 2.29. The first-order valence-corrected chi connectivity index (χ1v) is 7.56. The normalized spacial score (nSPS) is 22.6. The standard InChI is InChI=1S/C17H24FNO/c1-4-13-5-8-15(9-6-13)19(3)17(20)16-10-7-14(18)11-12(16)2/h7,10-11,13,15H,4-6,8-9H2,1-3H3.